The fourth-order valence-electron chi connectivity index (χ4n) is 3.16. The number of amides is 2. The molecule has 3 aromatic carbocycles. The van der Waals surface area contributed by atoms with Gasteiger partial charge in [-0.2, -0.15) is 0 Å². The number of aryl methyl sites for hydroxylation is 2. The molecule has 7 nitrogen and oxygen atoms in total. The zero-order valence-electron chi connectivity index (χ0n) is 18.2. The molecule has 0 aromatic heterocycles. The second-order valence-electron chi connectivity index (χ2n) is 7.45. The van der Waals surface area contributed by atoms with Crippen LogP contribution in [0.2, 0.25) is 5.02 Å². The summed E-state index contributed by atoms with van der Waals surface area (Å²) in [5.41, 5.74) is 3.36. The number of anilines is 1. The lowest BCUT2D eigenvalue weighted by Crippen LogP contribution is -2.33. The second-order valence-corrected chi connectivity index (χ2v) is 9.60. The number of carbonyl (C=O) groups is 2. The Kier molecular flexibility index (Phi) is 7.86. The van der Waals surface area contributed by atoms with Crippen molar-refractivity contribution >= 4 is 39.1 Å². The van der Waals surface area contributed by atoms with Crippen molar-refractivity contribution < 1.29 is 18.0 Å². The predicted octanol–water partition coefficient (Wildman–Crippen LogP) is 3.80. The highest BCUT2D eigenvalue weighted by atomic mass is 35.5. The molecular weight excluding hydrogens is 462 g/mol. The van der Waals surface area contributed by atoms with Gasteiger partial charge in [0.25, 0.3) is 5.91 Å². The first kappa shape index (κ1) is 24.4. The van der Waals surface area contributed by atoms with Gasteiger partial charge in [0.1, 0.15) is 4.90 Å². The van der Waals surface area contributed by atoms with Gasteiger partial charge in [0, 0.05) is 17.8 Å². The molecule has 0 spiro atoms. The Hall–Kier alpha value is -3.20. The molecule has 0 aliphatic carbocycles. The predicted molar refractivity (Wildman–Crippen MR) is 129 cm³/mol. The molecule has 9 heteroatoms. The molecule has 0 saturated heterocycles. The van der Waals surface area contributed by atoms with Crippen LogP contribution in [0.4, 0.5) is 5.69 Å². The molecule has 3 rings (SSSR count). The third-order valence-corrected chi connectivity index (χ3v) is 6.83. The lowest BCUT2D eigenvalue weighted by atomic mass is 10.1. The van der Waals surface area contributed by atoms with E-state index in [1.165, 1.54) is 18.2 Å². The van der Waals surface area contributed by atoms with Gasteiger partial charge in [-0.1, -0.05) is 60.1 Å². The van der Waals surface area contributed by atoms with Crippen LogP contribution >= 0.6 is 11.6 Å². The molecule has 0 aliphatic rings. The summed E-state index contributed by atoms with van der Waals surface area (Å²) in [7, 11) is -3.97. The van der Waals surface area contributed by atoms with E-state index in [9.17, 15) is 18.0 Å². The van der Waals surface area contributed by atoms with Gasteiger partial charge in [0.05, 0.1) is 11.6 Å². The summed E-state index contributed by atoms with van der Waals surface area (Å²) in [6.45, 7) is 3.56. The van der Waals surface area contributed by atoms with Gasteiger partial charge < -0.3 is 10.6 Å². The third kappa shape index (κ3) is 6.41. The standard InChI is InChI=1S/C24H24ClN3O4S/c1-16-7-6-8-17(2)23(16)28-22(29)15-26-24(30)19-11-12-20(25)21(13-19)33(31,32)27-14-18-9-4-3-5-10-18/h3-13,27H,14-15H2,1-2H3,(H,26,30)(H,28,29). The van der Waals surface area contributed by atoms with Crippen LogP contribution < -0.4 is 15.4 Å². The number of halogens is 1. The van der Waals surface area contributed by atoms with Crippen molar-refractivity contribution in [1.29, 1.82) is 0 Å². The molecule has 0 unspecified atom stereocenters. The van der Waals surface area contributed by atoms with Crippen molar-refractivity contribution in [3.63, 3.8) is 0 Å². The number of nitrogens with one attached hydrogen (secondary N) is 3. The fourth-order valence-corrected chi connectivity index (χ4v) is 4.70. The maximum Gasteiger partial charge on any atom is 0.251 e. The van der Waals surface area contributed by atoms with Crippen molar-refractivity contribution in [2.24, 2.45) is 0 Å². The van der Waals surface area contributed by atoms with Crippen LogP contribution in [0.1, 0.15) is 27.0 Å². The van der Waals surface area contributed by atoms with Gasteiger partial charge in [-0.05, 0) is 48.7 Å². The van der Waals surface area contributed by atoms with Gasteiger partial charge in [0.15, 0.2) is 0 Å². The maximum atomic E-state index is 12.7. The molecule has 0 atom stereocenters. The first-order valence-electron chi connectivity index (χ1n) is 10.1. The molecule has 2 amide bonds. The van der Waals surface area contributed by atoms with Crippen molar-refractivity contribution in [1.82, 2.24) is 10.0 Å². The first-order valence-corrected chi connectivity index (χ1v) is 12.0. The van der Waals surface area contributed by atoms with Crippen molar-refractivity contribution in [3.05, 3.63) is 94.0 Å². The summed E-state index contributed by atoms with van der Waals surface area (Å²) in [6, 6.07) is 18.6. The monoisotopic (exact) mass is 485 g/mol. The molecule has 0 aliphatic heterocycles. The van der Waals surface area contributed by atoms with Crippen LogP contribution in [-0.2, 0) is 21.4 Å². The smallest absolute Gasteiger partial charge is 0.251 e. The van der Waals surface area contributed by atoms with E-state index in [2.05, 4.69) is 15.4 Å². The van der Waals surface area contributed by atoms with Crippen LogP contribution in [0.25, 0.3) is 0 Å². The van der Waals surface area contributed by atoms with Gasteiger partial charge >= 0.3 is 0 Å². The number of hydrogen-bond donors (Lipinski definition) is 3. The van der Waals surface area contributed by atoms with E-state index in [1.54, 1.807) is 24.3 Å². The van der Waals surface area contributed by atoms with Crippen LogP contribution in [0.15, 0.2) is 71.6 Å². The topological polar surface area (TPSA) is 104 Å². The van der Waals surface area contributed by atoms with E-state index in [4.69, 9.17) is 11.6 Å². The Morgan fingerprint density at radius 3 is 2.24 bits per heavy atom. The Balaban J connectivity index is 1.66. The van der Waals surface area contributed by atoms with Crippen molar-refractivity contribution in [2.75, 3.05) is 11.9 Å². The number of para-hydroxylation sites is 1. The molecule has 33 heavy (non-hydrogen) atoms. The van der Waals surface area contributed by atoms with E-state index >= 15 is 0 Å². The molecule has 0 radical (unpaired) electrons. The Morgan fingerprint density at radius 1 is 0.909 bits per heavy atom. The molecule has 0 saturated carbocycles. The quantitative estimate of drug-likeness (QED) is 0.451. The summed E-state index contributed by atoms with van der Waals surface area (Å²) in [4.78, 5) is 24.6. The largest absolute Gasteiger partial charge is 0.343 e. The highest BCUT2D eigenvalue weighted by molar-refractivity contribution is 7.89. The summed E-state index contributed by atoms with van der Waals surface area (Å²) in [6.07, 6.45) is 0. The van der Waals surface area contributed by atoms with E-state index < -0.39 is 21.8 Å². The summed E-state index contributed by atoms with van der Waals surface area (Å²) < 4.78 is 28.0. The summed E-state index contributed by atoms with van der Waals surface area (Å²) >= 11 is 6.10. The second kappa shape index (κ2) is 10.6. The SMILES string of the molecule is Cc1cccc(C)c1NC(=O)CNC(=O)c1ccc(Cl)c(S(=O)(=O)NCc2ccccc2)c1. The molecule has 0 fully saturated rings. The van der Waals surface area contributed by atoms with Gasteiger partial charge in [-0.15, -0.1) is 0 Å². The van der Waals surface area contributed by atoms with Crippen LogP contribution in [0.5, 0.6) is 0 Å². The summed E-state index contributed by atoms with van der Waals surface area (Å²) in [5.74, 6) is -0.991. The Morgan fingerprint density at radius 2 is 1.58 bits per heavy atom. The minimum absolute atomic E-state index is 0.0140. The van der Waals surface area contributed by atoms with Crippen LogP contribution in [0, 0.1) is 13.8 Å². The van der Waals surface area contributed by atoms with Gasteiger partial charge in [0.2, 0.25) is 15.9 Å². The minimum atomic E-state index is -3.97. The highest BCUT2D eigenvalue weighted by Crippen LogP contribution is 2.23. The average Bonchev–Trinajstić information content (AvgIpc) is 2.79. The Bertz CT molecular complexity index is 1260. The minimum Gasteiger partial charge on any atom is -0.343 e. The number of sulfonamides is 1. The first-order chi connectivity index (χ1) is 15.7. The molecule has 0 heterocycles. The van der Waals surface area contributed by atoms with Crippen molar-refractivity contribution in [2.45, 2.75) is 25.3 Å². The molecule has 3 N–H and O–H groups in total. The molecule has 0 bridgehead atoms. The Labute approximate surface area is 198 Å². The lowest BCUT2D eigenvalue weighted by molar-refractivity contribution is -0.115. The number of rotatable bonds is 8. The van der Waals surface area contributed by atoms with E-state index in [-0.39, 0.29) is 28.6 Å². The zero-order chi connectivity index (χ0) is 24.0. The lowest BCUT2D eigenvalue weighted by Gasteiger charge is -2.13. The van der Waals surface area contributed by atoms with Gasteiger partial charge in [-0.3, -0.25) is 9.59 Å². The zero-order valence-corrected chi connectivity index (χ0v) is 19.8. The van der Waals surface area contributed by atoms with E-state index in [1.807, 2.05) is 38.1 Å². The number of hydrogen-bond acceptors (Lipinski definition) is 4. The van der Waals surface area contributed by atoms with Gasteiger partial charge in [-0.25, -0.2) is 13.1 Å². The number of carbonyl (C=O) groups excluding carboxylic acids is 2. The fraction of sp³-hybridized carbons (Fsp3) is 0.167. The average molecular weight is 486 g/mol. The van der Waals surface area contributed by atoms with Crippen LogP contribution in [0.3, 0.4) is 0 Å². The number of benzene rings is 3. The summed E-state index contributed by atoms with van der Waals surface area (Å²) in [5, 5.41) is 5.27. The van der Waals surface area contributed by atoms with E-state index in [0.29, 0.717) is 5.69 Å². The molecular formula is C24H24ClN3O4S. The highest BCUT2D eigenvalue weighted by Gasteiger charge is 2.20. The normalized spacial score (nSPS) is 11.1. The third-order valence-electron chi connectivity index (χ3n) is 4.95. The maximum absolute atomic E-state index is 12.7. The van der Waals surface area contributed by atoms with E-state index in [0.717, 1.165) is 16.7 Å². The molecule has 172 valence electrons. The molecule has 3 aromatic rings. The van der Waals surface area contributed by atoms with Crippen LogP contribution in [-0.4, -0.2) is 26.8 Å². The van der Waals surface area contributed by atoms with Crippen molar-refractivity contribution in [3.8, 4) is 0 Å².